The van der Waals surface area contributed by atoms with Crippen LogP contribution in [0.25, 0.3) is 0 Å². The lowest BCUT2D eigenvalue weighted by Gasteiger charge is -2.10. The molecule has 0 heterocycles. The molecule has 0 aliphatic carbocycles. The second kappa shape index (κ2) is 4.26. The van der Waals surface area contributed by atoms with Crippen molar-refractivity contribution in [1.29, 1.82) is 0 Å². The Bertz CT molecular complexity index is 457. The monoisotopic (exact) mass is 232 g/mol. The fraction of sp³-hybridized carbons (Fsp3) is 0.333. The highest BCUT2D eigenvalue weighted by Gasteiger charge is 2.11. The molecule has 1 rings (SSSR count). The first kappa shape index (κ1) is 12.1. The Morgan fingerprint density at radius 2 is 1.93 bits per heavy atom. The molecule has 0 aliphatic heterocycles. The first-order chi connectivity index (χ1) is 6.79. The molecule has 0 bridgehead atoms. The first-order valence-corrected chi connectivity index (χ1v) is 5.80. The Morgan fingerprint density at radius 3 is 2.40 bits per heavy atom. The molecule has 0 spiro atoms. The highest BCUT2D eigenvalue weighted by molar-refractivity contribution is 7.89. The summed E-state index contributed by atoms with van der Waals surface area (Å²) in [5.74, 6) is -0.599. The third kappa shape index (κ3) is 3.58. The zero-order chi connectivity index (χ0) is 11.6. The molecule has 0 aromatic heterocycles. The van der Waals surface area contributed by atoms with Gasteiger partial charge in [-0.15, -0.1) is 0 Å². The second-order valence-corrected chi connectivity index (χ2v) is 5.14. The van der Waals surface area contributed by atoms with E-state index in [2.05, 4.69) is 0 Å². The van der Waals surface area contributed by atoms with E-state index in [1.807, 2.05) is 19.0 Å². The van der Waals surface area contributed by atoms with E-state index in [4.69, 9.17) is 5.14 Å². The lowest BCUT2D eigenvalue weighted by atomic mass is 10.2. The van der Waals surface area contributed by atoms with Gasteiger partial charge in [0.2, 0.25) is 10.0 Å². The minimum absolute atomic E-state index is 0.195. The van der Waals surface area contributed by atoms with Gasteiger partial charge in [-0.2, -0.15) is 0 Å². The van der Waals surface area contributed by atoms with Crippen LogP contribution in [0.15, 0.2) is 23.1 Å². The van der Waals surface area contributed by atoms with Crippen molar-refractivity contribution in [2.75, 3.05) is 14.1 Å². The number of nitrogens with zero attached hydrogens (tertiary/aromatic N) is 1. The van der Waals surface area contributed by atoms with Gasteiger partial charge in [0, 0.05) is 6.54 Å². The minimum atomic E-state index is -3.84. The highest BCUT2D eigenvalue weighted by Crippen LogP contribution is 2.14. The Labute approximate surface area is 88.6 Å². The summed E-state index contributed by atoms with van der Waals surface area (Å²) < 4.78 is 35.1. The number of hydrogen-bond donors (Lipinski definition) is 1. The molecule has 6 heteroatoms. The largest absolute Gasteiger partial charge is 0.305 e. The molecule has 84 valence electrons. The molecule has 0 fully saturated rings. The van der Waals surface area contributed by atoms with E-state index >= 15 is 0 Å². The molecule has 0 saturated heterocycles. The van der Waals surface area contributed by atoms with Crippen LogP contribution < -0.4 is 5.14 Å². The molecule has 0 atom stereocenters. The number of rotatable bonds is 3. The second-order valence-electron chi connectivity index (χ2n) is 3.58. The quantitative estimate of drug-likeness (QED) is 0.827. The molecule has 0 saturated carbocycles. The molecular formula is C9H13FN2O2S. The molecule has 0 unspecified atom stereocenters. The van der Waals surface area contributed by atoms with E-state index in [9.17, 15) is 12.8 Å². The summed E-state index contributed by atoms with van der Waals surface area (Å²) >= 11 is 0. The van der Waals surface area contributed by atoms with Gasteiger partial charge in [-0.25, -0.2) is 17.9 Å². The predicted molar refractivity (Wildman–Crippen MR) is 55.2 cm³/mol. The van der Waals surface area contributed by atoms with Gasteiger partial charge in [0.1, 0.15) is 5.82 Å². The van der Waals surface area contributed by atoms with Gasteiger partial charge in [0.25, 0.3) is 0 Å². The van der Waals surface area contributed by atoms with Crippen molar-refractivity contribution >= 4 is 10.0 Å². The molecule has 0 radical (unpaired) electrons. The van der Waals surface area contributed by atoms with Gasteiger partial charge in [-0.3, -0.25) is 0 Å². The van der Waals surface area contributed by atoms with Gasteiger partial charge in [0.15, 0.2) is 0 Å². The van der Waals surface area contributed by atoms with E-state index in [1.165, 1.54) is 12.1 Å². The third-order valence-corrected chi connectivity index (χ3v) is 2.65. The third-order valence-electron chi connectivity index (χ3n) is 1.76. The number of sulfonamides is 1. The van der Waals surface area contributed by atoms with Crippen LogP contribution in [0.1, 0.15) is 5.56 Å². The van der Waals surface area contributed by atoms with Crippen molar-refractivity contribution in [2.24, 2.45) is 5.14 Å². The van der Waals surface area contributed by atoms with Gasteiger partial charge >= 0.3 is 0 Å². The van der Waals surface area contributed by atoms with Gasteiger partial charge in [0.05, 0.1) is 4.90 Å². The summed E-state index contributed by atoms with van der Waals surface area (Å²) in [6.45, 7) is 0.459. The van der Waals surface area contributed by atoms with Gasteiger partial charge in [-0.05, 0) is 37.9 Å². The van der Waals surface area contributed by atoms with Crippen LogP contribution in [0.4, 0.5) is 4.39 Å². The summed E-state index contributed by atoms with van der Waals surface area (Å²) in [5, 5.41) is 4.92. The lowest BCUT2D eigenvalue weighted by Crippen LogP contribution is -2.15. The molecule has 1 aromatic carbocycles. The lowest BCUT2D eigenvalue weighted by molar-refractivity contribution is 0.401. The van der Waals surface area contributed by atoms with Crippen LogP contribution in [0.5, 0.6) is 0 Å². The maximum atomic E-state index is 13.1. The average Bonchev–Trinajstić information content (AvgIpc) is 1.99. The molecule has 2 N–H and O–H groups in total. The van der Waals surface area contributed by atoms with Crippen LogP contribution in [-0.2, 0) is 16.6 Å². The summed E-state index contributed by atoms with van der Waals surface area (Å²) in [4.78, 5) is 1.61. The SMILES string of the molecule is CN(C)Cc1cc(F)cc(S(N)(=O)=O)c1. The van der Waals surface area contributed by atoms with E-state index in [1.54, 1.807) is 0 Å². The Kier molecular flexibility index (Phi) is 3.43. The average molecular weight is 232 g/mol. The van der Waals surface area contributed by atoms with Crippen molar-refractivity contribution in [3.05, 3.63) is 29.6 Å². The molecular weight excluding hydrogens is 219 g/mol. The number of benzene rings is 1. The highest BCUT2D eigenvalue weighted by atomic mass is 32.2. The molecule has 0 amide bonds. The maximum Gasteiger partial charge on any atom is 0.238 e. The number of primary sulfonamides is 1. The van der Waals surface area contributed by atoms with Crippen molar-refractivity contribution in [1.82, 2.24) is 4.90 Å². The van der Waals surface area contributed by atoms with Crippen molar-refractivity contribution in [2.45, 2.75) is 11.4 Å². The molecule has 0 aliphatic rings. The van der Waals surface area contributed by atoms with Crippen LogP contribution >= 0.6 is 0 Å². The summed E-state index contributed by atoms with van der Waals surface area (Å²) in [6.07, 6.45) is 0. The van der Waals surface area contributed by atoms with Crippen LogP contribution in [0.2, 0.25) is 0 Å². The normalized spacial score (nSPS) is 12.1. The minimum Gasteiger partial charge on any atom is -0.305 e. The fourth-order valence-corrected chi connectivity index (χ4v) is 1.83. The van der Waals surface area contributed by atoms with Gasteiger partial charge in [-0.1, -0.05) is 0 Å². The van der Waals surface area contributed by atoms with Crippen LogP contribution in [0, 0.1) is 5.82 Å². The Hall–Kier alpha value is -0.980. The summed E-state index contributed by atoms with van der Waals surface area (Å²) in [5.41, 5.74) is 0.573. The maximum absolute atomic E-state index is 13.1. The predicted octanol–water partition coefficient (Wildman–Crippen LogP) is 0.535. The smallest absolute Gasteiger partial charge is 0.238 e. The Morgan fingerprint density at radius 1 is 1.33 bits per heavy atom. The van der Waals surface area contributed by atoms with Crippen molar-refractivity contribution in [3.8, 4) is 0 Å². The van der Waals surface area contributed by atoms with Crippen molar-refractivity contribution < 1.29 is 12.8 Å². The Balaban J connectivity index is 3.17. The molecule has 4 nitrogen and oxygen atoms in total. The number of hydrogen-bond acceptors (Lipinski definition) is 3. The van der Waals surface area contributed by atoms with Crippen molar-refractivity contribution in [3.63, 3.8) is 0 Å². The number of nitrogens with two attached hydrogens (primary N) is 1. The fourth-order valence-electron chi connectivity index (χ4n) is 1.24. The van der Waals surface area contributed by atoms with E-state index in [0.717, 1.165) is 6.07 Å². The van der Waals surface area contributed by atoms with E-state index in [0.29, 0.717) is 12.1 Å². The van der Waals surface area contributed by atoms with E-state index in [-0.39, 0.29) is 4.90 Å². The van der Waals surface area contributed by atoms with E-state index < -0.39 is 15.8 Å². The standard InChI is InChI=1S/C9H13FN2O2S/c1-12(2)6-7-3-8(10)5-9(4-7)15(11,13)14/h3-5H,6H2,1-2H3,(H2,11,13,14). The molecule has 15 heavy (non-hydrogen) atoms. The van der Waals surface area contributed by atoms with Crippen LogP contribution in [0.3, 0.4) is 0 Å². The summed E-state index contributed by atoms with van der Waals surface area (Å²) in [7, 11) is -0.228. The molecule has 1 aromatic rings. The summed E-state index contributed by atoms with van der Waals surface area (Å²) in [6, 6.07) is 3.57. The number of halogens is 1. The zero-order valence-electron chi connectivity index (χ0n) is 8.57. The van der Waals surface area contributed by atoms with Gasteiger partial charge < -0.3 is 4.90 Å². The van der Waals surface area contributed by atoms with Crippen LogP contribution in [-0.4, -0.2) is 27.4 Å². The zero-order valence-corrected chi connectivity index (χ0v) is 9.38. The topological polar surface area (TPSA) is 63.4 Å². The first-order valence-electron chi connectivity index (χ1n) is 4.26.